The zero-order chi connectivity index (χ0) is 16.2. The summed E-state index contributed by atoms with van der Waals surface area (Å²) in [7, 11) is 1.62. The molecule has 0 fully saturated rings. The van der Waals surface area contributed by atoms with Gasteiger partial charge >= 0.3 is 0 Å². The lowest BCUT2D eigenvalue weighted by atomic mass is 10.0. The first kappa shape index (κ1) is 15.4. The number of methoxy groups -OCH3 is 1. The van der Waals surface area contributed by atoms with Crippen molar-refractivity contribution in [3.8, 4) is 11.5 Å². The highest BCUT2D eigenvalue weighted by atomic mass is 16.5. The van der Waals surface area contributed by atoms with Crippen molar-refractivity contribution in [1.29, 1.82) is 0 Å². The Hall–Kier alpha value is -2.53. The van der Waals surface area contributed by atoms with Crippen molar-refractivity contribution >= 4 is 11.6 Å². The van der Waals surface area contributed by atoms with Crippen LogP contribution in [-0.2, 0) is 6.54 Å². The Bertz CT molecular complexity index is 728. The van der Waals surface area contributed by atoms with E-state index in [1.807, 2.05) is 43.3 Å². The van der Waals surface area contributed by atoms with Gasteiger partial charge in [-0.1, -0.05) is 12.1 Å². The van der Waals surface area contributed by atoms with E-state index in [1.165, 1.54) is 0 Å². The highest BCUT2D eigenvalue weighted by molar-refractivity contribution is 6.06. The first-order chi connectivity index (χ1) is 11.2. The summed E-state index contributed by atoms with van der Waals surface area (Å²) in [6, 6.07) is 11.2. The fourth-order valence-corrected chi connectivity index (χ4v) is 2.70. The molecule has 2 aromatic carbocycles. The van der Waals surface area contributed by atoms with Crippen LogP contribution in [0.15, 0.2) is 36.4 Å². The lowest BCUT2D eigenvalue weighted by Crippen LogP contribution is -2.19. The van der Waals surface area contributed by atoms with Crippen molar-refractivity contribution in [2.24, 2.45) is 0 Å². The topological polar surface area (TPSA) is 59.6 Å². The third-order valence-corrected chi connectivity index (χ3v) is 3.97. The molecule has 120 valence electrons. The van der Waals surface area contributed by atoms with E-state index in [1.54, 1.807) is 7.11 Å². The van der Waals surface area contributed by atoms with Crippen LogP contribution in [0.1, 0.15) is 21.5 Å². The van der Waals surface area contributed by atoms with Gasteiger partial charge in [0.25, 0.3) is 5.91 Å². The smallest absolute Gasteiger partial charge is 0.256 e. The number of carbonyl (C=O) groups excluding carboxylic acids is 1. The Balaban J connectivity index is 1.90. The maximum atomic E-state index is 12.7. The lowest BCUT2D eigenvalue weighted by Gasteiger charge is -2.14. The van der Waals surface area contributed by atoms with Gasteiger partial charge in [-0.05, 0) is 31.2 Å². The Morgan fingerprint density at radius 1 is 1.26 bits per heavy atom. The molecule has 0 radical (unpaired) electrons. The number of fused-ring (bicyclic) bond motifs is 1. The molecular weight excluding hydrogens is 292 g/mol. The van der Waals surface area contributed by atoms with Crippen molar-refractivity contribution in [2.45, 2.75) is 13.5 Å². The van der Waals surface area contributed by atoms with Crippen LogP contribution in [0.5, 0.6) is 11.5 Å². The minimum absolute atomic E-state index is 0.148. The van der Waals surface area contributed by atoms with Crippen LogP contribution in [0.25, 0.3) is 0 Å². The number of carbonyl (C=O) groups is 1. The summed E-state index contributed by atoms with van der Waals surface area (Å²) in [6.45, 7) is 3.92. The molecule has 1 aliphatic rings. The molecule has 0 unspecified atom stereocenters. The van der Waals surface area contributed by atoms with Crippen LogP contribution in [0.2, 0.25) is 0 Å². The van der Waals surface area contributed by atoms with Gasteiger partial charge in [0.05, 0.1) is 7.11 Å². The molecule has 2 aromatic rings. The van der Waals surface area contributed by atoms with E-state index in [0.717, 1.165) is 34.9 Å². The number of benzene rings is 2. The second kappa shape index (κ2) is 6.71. The Morgan fingerprint density at radius 2 is 2.09 bits per heavy atom. The fraction of sp³-hybridized carbons (Fsp3) is 0.278. The van der Waals surface area contributed by atoms with Gasteiger partial charge in [0.15, 0.2) is 0 Å². The second-order valence-electron chi connectivity index (χ2n) is 5.39. The molecule has 0 atom stereocenters. The average Bonchev–Trinajstić information content (AvgIpc) is 2.81. The van der Waals surface area contributed by atoms with Crippen LogP contribution in [0.4, 0.5) is 5.69 Å². The highest BCUT2D eigenvalue weighted by Crippen LogP contribution is 2.28. The van der Waals surface area contributed by atoms with Crippen molar-refractivity contribution in [2.75, 3.05) is 25.6 Å². The van der Waals surface area contributed by atoms with E-state index >= 15 is 0 Å². The highest BCUT2D eigenvalue weighted by Gasteiger charge is 2.18. The number of hydrogen-bond acceptors (Lipinski definition) is 4. The van der Waals surface area contributed by atoms with Crippen molar-refractivity contribution in [3.05, 3.63) is 53.1 Å². The molecule has 5 nitrogen and oxygen atoms in total. The number of nitrogens with one attached hydrogen (secondary N) is 2. The number of anilines is 1. The van der Waals surface area contributed by atoms with Crippen molar-refractivity contribution in [1.82, 2.24) is 5.32 Å². The van der Waals surface area contributed by atoms with E-state index < -0.39 is 0 Å². The third-order valence-electron chi connectivity index (χ3n) is 3.97. The standard InChI is InChI=1S/C18H20N2O3/c1-12-15(6-4-7-16(12)22-2)20-18(21)13-5-3-8-17-14(13)11-19-9-10-23-17/h3-8,19H,9-11H2,1-2H3,(H,20,21). The first-order valence-electron chi connectivity index (χ1n) is 7.61. The monoisotopic (exact) mass is 312 g/mol. The number of amides is 1. The summed E-state index contributed by atoms with van der Waals surface area (Å²) in [5.41, 5.74) is 3.16. The molecule has 3 rings (SSSR count). The summed E-state index contributed by atoms with van der Waals surface area (Å²) < 4.78 is 11.0. The van der Waals surface area contributed by atoms with Gasteiger partial charge in [0.1, 0.15) is 18.1 Å². The van der Waals surface area contributed by atoms with Crippen LogP contribution >= 0.6 is 0 Å². The first-order valence-corrected chi connectivity index (χ1v) is 7.61. The van der Waals surface area contributed by atoms with Gasteiger partial charge in [0, 0.05) is 35.5 Å². The largest absolute Gasteiger partial charge is 0.496 e. The summed E-state index contributed by atoms with van der Waals surface area (Å²) in [6.07, 6.45) is 0. The maximum Gasteiger partial charge on any atom is 0.256 e. The van der Waals surface area contributed by atoms with Gasteiger partial charge in [-0.3, -0.25) is 4.79 Å². The fourth-order valence-electron chi connectivity index (χ4n) is 2.70. The van der Waals surface area contributed by atoms with E-state index in [0.29, 0.717) is 18.7 Å². The zero-order valence-corrected chi connectivity index (χ0v) is 13.3. The molecule has 23 heavy (non-hydrogen) atoms. The van der Waals surface area contributed by atoms with Crippen LogP contribution in [-0.4, -0.2) is 26.2 Å². The molecule has 0 saturated carbocycles. The van der Waals surface area contributed by atoms with Crippen molar-refractivity contribution < 1.29 is 14.3 Å². The molecule has 0 aliphatic carbocycles. The SMILES string of the molecule is COc1cccc(NC(=O)c2cccc3c2CNCCO3)c1C. The van der Waals surface area contributed by atoms with Crippen LogP contribution in [0.3, 0.4) is 0 Å². The predicted octanol–water partition coefficient (Wildman–Crippen LogP) is 2.74. The number of ether oxygens (including phenoxy) is 2. The van der Waals surface area contributed by atoms with Gasteiger partial charge in [-0.15, -0.1) is 0 Å². The van der Waals surface area contributed by atoms with E-state index in [9.17, 15) is 4.79 Å². The summed E-state index contributed by atoms with van der Waals surface area (Å²) >= 11 is 0. The average molecular weight is 312 g/mol. The molecular formula is C18H20N2O3. The second-order valence-corrected chi connectivity index (χ2v) is 5.39. The third kappa shape index (κ3) is 3.14. The van der Waals surface area contributed by atoms with E-state index in [4.69, 9.17) is 9.47 Å². The lowest BCUT2D eigenvalue weighted by molar-refractivity contribution is 0.102. The number of rotatable bonds is 3. The van der Waals surface area contributed by atoms with Crippen LogP contribution in [0, 0.1) is 6.92 Å². The molecule has 0 spiro atoms. The zero-order valence-electron chi connectivity index (χ0n) is 13.3. The minimum atomic E-state index is -0.148. The van der Waals surface area contributed by atoms with E-state index in [2.05, 4.69) is 10.6 Å². The van der Waals surface area contributed by atoms with Gasteiger partial charge in [-0.2, -0.15) is 0 Å². The van der Waals surface area contributed by atoms with Crippen molar-refractivity contribution in [3.63, 3.8) is 0 Å². The molecule has 1 amide bonds. The minimum Gasteiger partial charge on any atom is -0.496 e. The summed E-state index contributed by atoms with van der Waals surface area (Å²) in [5.74, 6) is 1.37. The summed E-state index contributed by atoms with van der Waals surface area (Å²) in [4.78, 5) is 12.7. The molecule has 1 aliphatic heterocycles. The molecule has 5 heteroatoms. The molecule has 2 N–H and O–H groups in total. The maximum absolute atomic E-state index is 12.7. The van der Waals surface area contributed by atoms with E-state index in [-0.39, 0.29) is 5.91 Å². The molecule has 0 saturated heterocycles. The Morgan fingerprint density at radius 3 is 2.91 bits per heavy atom. The van der Waals surface area contributed by atoms with Gasteiger partial charge in [0.2, 0.25) is 0 Å². The summed E-state index contributed by atoms with van der Waals surface area (Å²) in [5, 5.41) is 6.24. The molecule has 0 aromatic heterocycles. The normalized spacial score (nSPS) is 13.5. The predicted molar refractivity (Wildman–Crippen MR) is 89.3 cm³/mol. The molecule has 0 bridgehead atoms. The Kier molecular flexibility index (Phi) is 4.48. The van der Waals surface area contributed by atoms with Crippen LogP contribution < -0.4 is 20.1 Å². The molecule has 1 heterocycles. The number of hydrogen-bond donors (Lipinski definition) is 2. The Labute approximate surface area is 135 Å². The quantitative estimate of drug-likeness (QED) is 0.915. The van der Waals surface area contributed by atoms with Gasteiger partial charge < -0.3 is 20.1 Å². The van der Waals surface area contributed by atoms with Gasteiger partial charge in [-0.25, -0.2) is 0 Å².